The lowest BCUT2D eigenvalue weighted by molar-refractivity contribution is -0.438. The van der Waals surface area contributed by atoms with Crippen molar-refractivity contribution in [3.8, 4) is 0 Å². The molecule has 7 rings (SSSR count). The van der Waals surface area contributed by atoms with E-state index in [2.05, 4.69) is 152 Å². The Labute approximate surface area is 361 Å². The molecule has 0 spiro atoms. The molecule has 0 amide bonds. The van der Waals surface area contributed by atoms with Crippen LogP contribution in [0.4, 0.5) is 22.7 Å². The van der Waals surface area contributed by atoms with Crippen LogP contribution in [0, 0.1) is 0 Å². The van der Waals surface area contributed by atoms with Gasteiger partial charge in [-0.25, -0.2) is 0 Å². The van der Waals surface area contributed by atoms with Crippen molar-refractivity contribution in [2.45, 2.75) is 90.4 Å². The Morgan fingerprint density at radius 3 is 2.05 bits per heavy atom. The minimum atomic E-state index is -4.04. The Morgan fingerprint density at radius 2 is 1.41 bits per heavy atom. The van der Waals surface area contributed by atoms with Crippen molar-refractivity contribution >= 4 is 61.8 Å². The van der Waals surface area contributed by atoms with Crippen LogP contribution in [0.25, 0.3) is 0 Å². The summed E-state index contributed by atoms with van der Waals surface area (Å²) in [6.07, 6.45) is 15.4. The highest BCUT2D eigenvalue weighted by molar-refractivity contribution is 7.85. The zero-order valence-corrected chi connectivity index (χ0v) is 37.2. The van der Waals surface area contributed by atoms with E-state index >= 15 is 0 Å². The fraction of sp³-hybridized carbons (Fsp3) is 0.340. The Balaban J connectivity index is 1.37. The number of halogens is 2. The minimum absolute atomic E-state index is 0.235. The molecule has 4 aromatic rings. The number of hydrogen-bond acceptors (Lipinski definition) is 4. The minimum Gasteiger partial charge on any atom is -0.344 e. The van der Waals surface area contributed by atoms with Crippen LogP contribution in [0.15, 0.2) is 144 Å². The van der Waals surface area contributed by atoms with Crippen molar-refractivity contribution in [3.63, 3.8) is 0 Å². The monoisotopic (exact) mass is 848 g/mol. The van der Waals surface area contributed by atoms with Crippen LogP contribution in [-0.4, -0.2) is 42.1 Å². The maximum absolute atomic E-state index is 11.6. The van der Waals surface area contributed by atoms with Crippen molar-refractivity contribution in [1.29, 1.82) is 0 Å². The summed E-state index contributed by atoms with van der Waals surface area (Å²) in [5.41, 5.74) is 12.3. The van der Waals surface area contributed by atoms with E-state index in [1.54, 1.807) is 0 Å². The largest absolute Gasteiger partial charge is 0.344 e. The van der Waals surface area contributed by atoms with Crippen LogP contribution in [0.2, 0.25) is 10.0 Å². The summed E-state index contributed by atoms with van der Waals surface area (Å²) in [6, 6.07) is 33.6. The maximum Gasteiger partial charge on any atom is 0.264 e. The second kappa shape index (κ2) is 17.7. The van der Waals surface area contributed by atoms with Crippen LogP contribution in [-0.2, 0) is 20.9 Å². The van der Waals surface area contributed by atoms with Crippen molar-refractivity contribution in [2.24, 2.45) is 0 Å². The molecule has 0 unspecified atom stereocenters. The number of nitrogens with zero attached hydrogens (tertiary/aromatic N) is 3. The fourth-order valence-corrected chi connectivity index (χ4v) is 10.0. The van der Waals surface area contributed by atoms with Crippen LogP contribution in [0.3, 0.4) is 0 Å². The lowest BCUT2D eigenvalue weighted by Gasteiger charge is -2.29. The highest BCUT2D eigenvalue weighted by Gasteiger charge is 2.44. The van der Waals surface area contributed by atoms with Gasteiger partial charge in [0.15, 0.2) is 5.71 Å². The van der Waals surface area contributed by atoms with E-state index in [4.69, 9.17) is 23.2 Å². The second-order valence-corrected chi connectivity index (χ2v) is 19.4. The number of benzene rings is 4. The van der Waals surface area contributed by atoms with Gasteiger partial charge in [-0.15, -0.1) is 0 Å². The van der Waals surface area contributed by atoms with Crippen molar-refractivity contribution in [1.82, 2.24) is 0 Å². The number of unbranched alkanes of at least 4 members (excludes halogenated alkanes) is 3. The maximum atomic E-state index is 11.6. The van der Waals surface area contributed by atoms with Crippen LogP contribution < -0.4 is 9.80 Å². The predicted octanol–water partition coefficient (Wildman–Crippen LogP) is 13.3. The molecule has 0 saturated carbocycles. The molecule has 0 aromatic heterocycles. The summed E-state index contributed by atoms with van der Waals surface area (Å²) in [6.45, 7) is 12.9. The van der Waals surface area contributed by atoms with Gasteiger partial charge in [0.2, 0.25) is 5.69 Å². The van der Waals surface area contributed by atoms with Gasteiger partial charge in [0.05, 0.1) is 16.9 Å². The summed E-state index contributed by atoms with van der Waals surface area (Å²) in [4.78, 5) is 4.70. The molecule has 0 bridgehead atoms. The van der Waals surface area contributed by atoms with Crippen LogP contribution in [0.5, 0.6) is 0 Å². The third-order valence-electron chi connectivity index (χ3n) is 12.1. The lowest BCUT2D eigenvalue weighted by Crippen LogP contribution is -2.28. The first-order valence-corrected chi connectivity index (χ1v) is 23.3. The first-order valence-electron chi connectivity index (χ1n) is 20.9. The summed E-state index contributed by atoms with van der Waals surface area (Å²) in [5, 5.41) is 1.44. The van der Waals surface area contributed by atoms with Gasteiger partial charge < -0.3 is 9.80 Å². The smallest absolute Gasteiger partial charge is 0.264 e. The van der Waals surface area contributed by atoms with E-state index in [1.165, 1.54) is 40.2 Å². The summed E-state index contributed by atoms with van der Waals surface area (Å²) in [5.74, 6) is -0.257. The molecule has 1 aliphatic carbocycles. The average Bonchev–Trinajstić information content (AvgIpc) is 3.76. The SMILES string of the molecule is CCCCC[N+]1=C(/C=C/C2=C(N(c3ccccc3)c3ccccc3)C(=C/C=C3/N(CCCCS(=O)(=O)O)c4ccc(Cl)cc4C3(C)C)/CC2)C(C)(C)c2cc(Cl)ccc21. The van der Waals surface area contributed by atoms with Crippen LogP contribution in [0.1, 0.15) is 90.7 Å². The second-order valence-electron chi connectivity index (χ2n) is 16.9. The fourth-order valence-electron chi connectivity index (χ4n) is 9.10. The molecular weight excluding hydrogens is 794 g/mol. The Morgan fingerprint density at radius 1 is 0.763 bits per heavy atom. The van der Waals surface area contributed by atoms with E-state index in [0.717, 1.165) is 65.6 Å². The molecule has 4 aromatic carbocycles. The van der Waals surface area contributed by atoms with Gasteiger partial charge in [-0.2, -0.15) is 13.0 Å². The number of anilines is 3. The first kappa shape index (κ1) is 42.7. The van der Waals surface area contributed by atoms with Gasteiger partial charge in [-0.1, -0.05) is 98.9 Å². The van der Waals surface area contributed by atoms with Gasteiger partial charge in [0.25, 0.3) is 10.1 Å². The zero-order chi connectivity index (χ0) is 42.0. The molecule has 2 aliphatic heterocycles. The number of para-hydroxylation sites is 2. The first-order chi connectivity index (χ1) is 28.2. The third kappa shape index (κ3) is 9.05. The quantitative estimate of drug-likeness (QED) is 0.0733. The topological polar surface area (TPSA) is 63.9 Å². The van der Waals surface area contributed by atoms with E-state index in [1.807, 2.05) is 18.2 Å². The van der Waals surface area contributed by atoms with E-state index < -0.39 is 10.1 Å². The molecule has 6 nitrogen and oxygen atoms in total. The van der Waals surface area contributed by atoms with E-state index in [9.17, 15) is 13.0 Å². The van der Waals surface area contributed by atoms with Gasteiger partial charge >= 0.3 is 0 Å². The normalized spacial score (nSPS) is 18.5. The molecule has 0 radical (unpaired) electrons. The van der Waals surface area contributed by atoms with Crippen molar-refractivity contribution in [3.05, 3.63) is 165 Å². The van der Waals surface area contributed by atoms with Crippen molar-refractivity contribution < 1.29 is 17.5 Å². The molecule has 2 heterocycles. The summed E-state index contributed by atoms with van der Waals surface area (Å²) < 4.78 is 35.1. The molecule has 1 N–H and O–H groups in total. The number of allylic oxidation sites excluding steroid dienone is 7. The number of rotatable bonds is 15. The molecule has 3 aliphatic rings. The molecule has 0 fully saturated rings. The lowest BCUT2D eigenvalue weighted by atomic mass is 9.81. The highest BCUT2D eigenvalue weighted by atomic mass is 35.5. The van der Waals surface area contributed by atoms with E-state index in [-0.39, 0.29) is 16.6 Å². The molecule has 308 valence electrons. The van der Waals surface area contributed by atoms with Gasteiger partial charge in [-0.05, 0) is 123 Å². The Kier molecular flexibility index (Phi) is 12.8. The van der Waals surface area contributed by atoms with Gasteiger partial charge in [0.1, 0.15) is 6.54 Å². The average molecular weight is 850 g/mol. The zero-order valence-electron chi connectivity index (χ0n) is 34.9. The Bertz CT molecular complexity index is 2430. The van der Waals surface area contributed by atoms with Gasteiger partial charge in [0, 0.05) is 68.9 Å². The van der Waals surface area contributed by atoms with E-state index in [0.29, 0.717) is 24.4 Å². The Hall–Kier alpha value is -4.40. The molecule has 9 heteroatoms. The molecule has 59 heavy (non-hydrogen) atoms. The van der Waals surface area contributed by atoms with Crippen molar-refractivity contribution in [2.75, 3.05) is 28.6 Å². The standard InChI is InChI=1S/C50H55Cl2N3O3S/c1-6-7-14-31-53-44-27-25-38(51)34-42(44)49(2,3)46(53)29-23-36-21-22-37(48(36)55(40-17-10-8-11-18-40)41-19-12-9-13-20-41)24-30-47-50(4,5)43-35-39(52)26-28-45(43)54(47)32-15-16-33-59(56,57)58/h8-13,17-20,23-30,34-35H,6-7,14-16,21-22,31-33H2,1-5H3/p+1. The molecule has 0 atom stereocenters. The predicted molar refractivity (Wildman–Crippen MR) is 248 cm³/mol. The third-order valence-corrected chi connectivity index (χ3v) is 13.4. The van der Waals surface area contributed by atoms with Crippen LogP contribution >= 0.6 is 23.2 Å². The summed E-state index contributed by atoms with van der Waals surface area (Å²) in [7, 11) is -4.04. The summed E-state index contributed by atoms with van der Waals surface area (Å²) >= 11 is 13.2. The molecular formula is C50H56Cl2N3O3S+. The highest BCUT2D eigenvalue weighted by Crippen LogP contribution is 2.50. The number of hydrogen-bond donors (Lipinski definition) is 1. The number of fused-ring (bicyclic) bond motifs is 2. The molecule has 0 saturated heterocycles. The van der Waals surface area contributed by atoms with Gasteiger partial charge in [-0.3, -0.25) is 4.55 Å².